The molecule has 2 aliphatic rings. The number of hydrogen-bond donors (Lipinski definition) is 0. The minimum atomic E-state index is -0.234. The van der Waals surface area contributed by atoms with E-state index in [0.717, 1.165) is 56.6 Å². The first-order valence-corrected chi connectivity index (χ1v) is 12.7. The Morgan fingerprint density at radius 2 is 1.88 bits per heavy atom. The van der Waals surface area contributed by atoms with Gasteiger partial charge in [-0.15, -0.1) is 0 Å². The fourth-order valence-electron chi connectivity index (χ4n) is 4.28. The van der Waals surface area contributed by atoms with Gasteiger partial charge in [0, 0.05) is 31.7 Å². The van der Waals surface area contributed by atoms with Crippen LogP contribution in [0, 0.1) is 24.2 Å². The third kappa shape index (κ3) is 4.79. The van der Waals surface area contributed by atoms with Gasteiger partial charge in [0.05, 0.1) is 4.91 Å². The summed E-state index contributed by atoms with van der Waals surface area (Å²) in [4.78, 5) is 30.8. The van der Waals surface area contributed by atoms with Gasteiger partial charge >= 0.3 is 0 Å². The van der Waals surface area contributed by atoms with Gasteiger partial charge in [-0.1, -0.05) is 51.2 Å². The third-order valence-electron chi connectivity index (χ3n) is 6.26. The Balaban J connectivity index is 2.21. The fourth-order valence-corrected chi connectivity index (χ4v) is 5.57. The molecule has 0 spiro atoms. The molecule has 0 saturated carbocycles. The normalized spacial score (nSPS) is 18.7. The van der Waals surface area contributed by atoms with Crippen molar-refractivity contribution in [3.8, 4) is 6.07 Å². The second kappa shape index (κ2) is 10.7. The first-order valence-electron chi connectivity index (χ1n) is 11.5. The molecule has 1 aromatic rings. The number of carbonyl (C=O) groups is 1. The molecule has 2 aliphatic heterocycles. The molecule has 0 aromatic carbocycles. The lowest BCUT2D eigenvalue weighted by atomic mass is 9.97. The highest BCUT2D eigenvalue weighted by molar-refractivity contribution is 8.26. The van der Waals surface area contributed by atoms with Crippen molar-refractivity contribution in [3.63, 3.8) is 0 Å². The molecule has 1 amide bonds. The number of aromatic nitrogens is 1. The fraction of sp³-hybridized carbons (Fsp3) is 0.583. The summed E-state index contributed by atoms with van der Waals surface area (Å²) < 4.78 is 2.33. The second-order valence-electron chi connectivity index (χ2n) is 8.66. The van der Waals surface area contributed by atoms with Crippen molar-refractivity contribution in [1.82, 2.24) is 9.47 Å². The standard InChI is InChI=1S/C24H32N4O2S2/c1-5-7-11-27-21(26-12-8-16(3)9-13-26)18(17(4)19(15-25)22(27)29)14-20-23(30)28(10-6-2)24(31)32-20/h14,16H,5-13H2,1-4H3. The van der Waals surface area contributed by atoms with E-state index in [4.69, 9.17) is 12.2 Å². The number of nitrogens with zero attached hydrogens (tertiary/aromatic N) is 4. The zero-order valence-corrected chi connectivity index (χ0v) is 21.1. The van der Waals surface area contributed by atoms with E-state index in [1.54, 1.807) is 9.47 Å². The second-order valence-corrected chi connectivity index (χ2v) is 10.3. The molecule has 0 aliphatic carbocycles. The van der Waals surface area contributed by atoms with Crippen molar-refractivity contribution in [2.24, 2.45) is 5.92 Å². The summed E-state index contributed by atoms with van der Waals surface area (Å²) in [5.74, 6) is 1.40. The van der Waals surface area contributed by atoms with Gasteiger partial charge in [0.2, 0.25) is 0 Å². The number of rotatable bonds is 7. The van der Waals surface area contributed by atoms with Gasteiger partial charge in [-0.3, -0.25) is 19.1 Å². The lowest BCUT2D eigenvalue weighted by Gasteiger charge is -2.35. The number of piperidine rings is 1. The minimum Gasteiger partial charge on any atom is -0.357 e. The molecule has 0 radical (unpaired) electrons. The number of thiocarbonyl (C=S) groups is 1. The van der Waals surface area contributed by atoms with Crippen LogP contribution in [-0.4, -0.2) is 39.3 Å². The Labute approximate surface area is 200 Å². The van der Waals surface area contributed by atoms with E-state index < -0.39 is 0 Å². The van der Waals surface area contributed by atoms with Crippen LogP contribution in [0.2, 0.25) is 0 Å². The lowest BCUT2D eigenvalue weighted by molar-refractivity contribution is -0.122. The molecule has 8 heteroatoms. The average Bonchev–Trinajstić information content (AvgIpc) is 3.03. The van der Waals surface area contributed by atoms with Crippen LogP contribution in [0.4, 0.5) is 5.82 Å². The zero-order valence-electron chi connectivity index (χ0n) is 19.4. The van der Waals surface area contributed by atoms with Gasteiger partial charge in [-0.25, -0.2) is 0 Å². The number of pyridine rings is 1. The monoisotopic (exact) mass is 472 g/mol. The quantitative estimate of drug-likeness (QED) is 0.424. The first kappa shape index (κ1) is 24.5. The molecular weight excluding hydrogens is 440 g/mol. The van der Waals surface area contributed by atoms with Gasteiger partial charge in [-0.2, -0.15) is 5.26 Å². The highest BCUT2D eigenvalue weighted by atomic mass is 32.2. The SMILES string of the molecule is CCCCn1c(N2CCC(C)CC2)c(C=C2SC(=S)N(CCC)C2=O)c(C)c(C#N)c1=O. The van der Waals surface area contributed by atoms with Crippen molar-refractivity contribution in [3.05, 3.63) is 31.9 Å². The van der Waals surface area contributed by atoms with E-state index in [2.05, 4.69) is 24.8 Å². The Hall–Kier alpha value is -2.11. The van der Waals surface area contributed by atoms with Crippen LogP contribution in [0.25, 0.3) is 6.08 Å². The first-order chi connectivity index (χ1) is 15.3. The maximum absolute atomic E-state index is 13.3. The number of thioether (sulfide) groups is 1. The summed E-state index contributed by atoms with van der Waals surface area (Å²) >= 11 is 6.74. The van der Waals surface area contributed by atoms with Crippen LogP contribution in [0.1, 0.15) is 69.6 Å². The van der Waals surface area contributed by atoms with Crippen LogP contribution in [-0.2, 0) is 11.3 Å². The maximum atomic E-state index is 13.3. The Morgan fingerprint density at radius 3 is 2.47 bits per heavy atom. The number of unbranched alkanes of at least 4 members (excludes halogenated alkanes) is 1. The van der Waals surface area contributed by atoms with Crippen molar-refractivity contribution >= 4 is 46.1 Å². The van der Waals surface area contributed by atoms with Crippen molar-refractivity contribution in [2.75, 3.05) is 24.5 Å². The summed E-state index contributed by atoms with van der Waals surface area (Å²) in [5, 5.41) is 9.78. The van der Waals surface area contributed by atoms with E-state index >= 15 is 0 Å². The molecule has 3 heterocycles. The van der Waals surface area contributed by atoms with Gasteiger partial charge in [0.1, 0.15) is 21.8 Å². The van der Waals surface area contributed by atoms with E-state index in [1.165, 1.54) is 11.8 Å². The number of carbonyl (C=O) groups excluding carboxylic acids is 1. The lowest BCUT2D eigenvalue weighted by Crippen LogP contribution is -2.39. The number of hydrogen-bond acceptors (Lipinski definition) is 6. The molecule has 32 heavy (non-hydrogen) atoms. The molecule has 2 fully saturated rings. The maximum Gasteiger partial charge on any atom is 0.270 e. The summed E-state index contributed by atoms with van der Waals surface area (Å²) in [6, 6.07) is 2.12. The predicted octanol–water partition coefficient (Wildman–Crippen LogP) is 4.68. The molecule has 6 nitrogen and oxygen atoms in total. The van der Waals surface area contributed by atoms with Crippen LogP contribution in [0.15, 0.2) is 9.70 Å². The van der Waals surface area contributed by atoms with Crippen LogP contribution in [0.5, 0.6) is 0 Å². The van der Waals surface area contributed by atoms with E-state index in [0.29, 0.717) is 33.8 Å². The molecule has 2 saturated heterocycles. The number of anilines is 1. The van der Waals surface area contributed by atoms with E-state index in [-0.39, 0.29) is 17.0 Å². The van der Waals surface area contributed by atoms with Crippen molar-refractivity contribution in [2.45, 2.75) is 66.3 Å². The Morgan fingerprint density at radius 1 is 1.19 bits per heavy atom. The smallest absolute Gasteiger partial charge is 0.270 e. The molecule has 0 bridgehead atoms. The largest absolute Gasteiger partial charge is 0.357 e. The molecule has 172 valence electrons. The zero-order chi connectivity index (χ0) is 23.4. The molecule has 3 rings (SSSR count). The topological polar surface area (TPSA) is 69.3 Å². The van der Waals surface area contributed by atoms with Gasteiger partial charge < -0.3 is 4.90 Å². The highest BCUT2D eigenvalue weighted by Gasteiger charge is 2.33. The van der Waals surface area contributed by atoms with Crippen LogP contribution in [0.3, 0.4) is 0 Å². The molecule has 0 atom stereocenters. The predicted molar refractivity (Wildman–Crippen MR) is 136 cm³/mol. The Kier molecular flexibility index (Phi) is 8.18. The van der Waals surface area contributed by atoms with Crippen molar-refractivity contribution in [1.29, 1.82) is 5.26 Å². The molecule has 0 N–H and O–H groups in total. The summed E-state index contributed by atoms with van der Waals surface area (Å²) in [7, 11) is 0. The van der Waals surface area contributed by atoms with Gasteiger partial charge in [0.15, 0.2) is 0 Å². The molecule has 0 unspecified atom stereocenters. The van der Waals surface area contributed by atoms with E-state index in [1.807, 2.05) is 19.9 Å². The average molecular weight is 473 g/mol. The number of amides is 1. The van der Waals surface area contributed by atoms with Gasteiger partial charge in [0.25, 0.3) is 11.5 Å². The minimum absolute atomic E-state index is 0.0933. The van der Waals surface area contributed by atoms with Crippen LogP contribution >= 0.6 is 24.0 Å². The number of nitriles is 1. The summed E-state index contributed by atoms with van der Waals surface area (Å²) in [5.41, 5.74) is 1.36. The molecule has 1 aromatic heterocycles. The van der Waals surface area contributed by atoms with Crippen LogP contribution < -0.4 is 10.5 Å². The van der Waals surface area contributed by atoms with Gasteiger partial charge in [-0.05, 0) is 50.2 Å². The Bertz CT molecular complexity index is 1030. The van der Waals surface area contributed by atoms with Crippen molar-refractivity contribution < 1.29 is 4.79 Å². The third-order valence-corrected chi connectivity index (χ3v) is 7.64. The van der Waals surface area contributed by atoms with E-state index in [9.17, 15) is 14.9 Å². The highest BCUT2D eigenvalue weighted by Crippen LogP contribution is 2.36. The molecular formula is C24H32N4O2S2. The summed E-state index contributed by atoms with van der Waals surface area (Å²) in [6.45, 7) is 11.0. The summed E-state index contributed by atoms with van der Waals surface area (Å²) in [6.07, 6.45) is 6.60.